The van der Waals surface area contributed by atoms with Gasteiger partial charge in [0.15, 0.2) is 17.7 Å². The molecule has 12 heteroatoms. The number of nitrogen functional groups attached to an aromatic ring is 1. The second-order valence-electron chi connectivity index (χ2n) is 7.05. The Morgan fingerprint density at radius 1 is 1.23 bits per heavy atom. The van der Waals surface area contributed by atoms with Crippen LogP contribution in [0.1, 0.15) is 23.5 Å². The average Bonchev–Trinajstić information content (AvgIpc) is 3.30. The van der Waals surface area contributed by atoms with Gasteiger partial charge in [0, 0.05) is 17.8 Å². The zero-order valence-electron chi connectivity index (χ0n) is 16.6. The summed E-state index contributed by atoms with van der Waals surface area (Å²) >= 11 is 0. The van der Waals surface area contributed by atoms with Gasteiger partial charge in [-0.15, -0.1) is 0 Å². The van der Waals surface area contributed by atoms with E-state index in [4.69, 9.17) is 10.5 Å². The second-order valence-corrected chi connectivity index (χ2v) is 7.05. The van der Waals surface area contributed by atoms with Crippen molar-refractivity contribution >= 4 is 34.5 Å². The van der Waals surface area contributed by atoms with Crippen molar-refractivity contribution in [3.8, 4) is 0 Å². The number of rotatable bonds is 6. The lowest BCUT2D eigenvalue weighted by molar-refractivity contribution is -0.0511. The number of ether oxygens (including phenoxy) is 1. The summed E-state index contributed by atoms with van der Waals surface area (Å²) in [4.78, 5) is 24.7. The zero-order chi connectivity index (χ0) is 22.1. The van der Waals surface area contributed by atoms with Crippen molar-refractivity contribution in [1.82, 2.24) is 24.8 Å². The van der Waals surface area contributed by atoms with E-state index in [1.807, 2.05) is 6.92 Å². The molecule has 3 aromatic rings. The van der Waals surface area contributed by atoms with Crippen molar-refractivity contribution in [3.05, 3.63) is 36.2 Å². The van der Waals surface area contributed by atoms with E-state index in [2.05, 4.69) is 25.6 Å². The van der Waals surface area contributed by atoms with Crippen LogP contribution in [0.25, 0.3) is 11.2 Å². The summed E-state index contributed by atoms with van der Waals surface area (Å²) in [6.07, 6.45) is -3.11. The number of anilines is 3. The summed E-state index contributed by atoms with van der Waals surface area (Å²) in [6, 6.07) is 6.74. The van der Waals surface area contributed by atoms with Gasteiger partial charge in [-0.1, -0.05) is 0 Å². The summed E-state index contributed by atoms with van der Waals surface area (Å²) in [6.45, 7) is 1.93. The van der Waals surface area contributed by atoms with Gasteiger partial charge in [-0.25, -0.2) is 4.98 Å². The van der Waals surface area contributed by atoms with Gasteiger partial charge in [0.2, 0.25) is 5.95 Å². The van der Waals surface area contributed by atoms with Gasteiger partial charge in [-0.05, 0) is 31.2 Å². The summed E-state index contributed by atoms with van der Waals surface area (Å²) in [7, 11) is 0. The van der Waals surface area contributed by atoms with Crippen LogP contribution in [0, 0.1) is 0 Å². The molecule has 0 spiro atoms. The van der Waals surface area contributed by atoms with Crippen LogP contribution < -0.4 is 16.4 Å². The molecule has 1 saturated heterocycles. The van der Waals surface area contributed by atoms with Crippen LogP contribution in [-0.2, 0) is 4.74 Å². The smallest absolute Gasteiger partial charge is 0.251 e. The molecule has 7 N–H and O–H groups in total. The van der Waals surface area contributed by atoms with Crippen molar-refractivity contribution < 1.29 is 24.9 Å². The number of aliphatic hydroxyl groups excluding tert-OH is 3. The van der Waals surface area contributed by atoms with Crippen LogP contribution in [0.4, 0.5) is 17.5 Å². The molecule has 0 saturated carbocycles. The highest BCUT2D eigenvalue weighted by atomic mass is 16.6. The van der Waals surface area contributed by atoms with Crippen LogP contribution in [0.3, 0.4) is 0 Å². The Morgan fingerprint density at radius 2 is 1.97 bits per heavy atom. The molecule has 1 aliphatic rings. The molecule has 0 bridgehead atoms. The molecule has 0 radical (unpaired) electrons. The Bertz CT molecular complexity index is 1090. The quantitative estimate of drug-likeness (QED) is 0.299. The van der Waals surface area contributed by atoms with Crippen molar-refractivity contribution in [1.29, 1.82) is 0 Å². The van der Waals surface area contributed by atoms with Gasteiger partial charge < -0.3 is 36.4 Å². The molecule has 4 rings (SSSR count). The molecule has 2 unspecified atom stereocenters. The Labute approximate surface area is 176 Å². The fraction of sp³-hybridized carbons (Fsp3) is 0.368. The van der Waals surface area contributed by atoms with Gasteiger partial charge in [0.25, 0.3) is 5.91 Å². The average molecular weight is 429 g/mol. The molecule has 1 fully saturated rings. The number of nitrogens with one attached hydrogen (secondary N) is 2. The minimum Gasteiger partial charge on any atom is -0.394 e. The second kappa shape index (κ2) is 8.43. The highest BCUT2D eigenvalue weighted by molar-refractivity contribution is 5.94. The number of hydrogen-bond acceptors (Lipinski definition) is 10. The summed E-state index contributed by atoms with van der Waals surface area (Å²) < 4.78 is 6.99. The number of amides is 1. The van der Waals surface area contributed by atoms with Crippen LogP contribution >= 0.6 is 0 Å². The first-order chi connectivity index (χ1) is 14.9. The third kappa shape index (κ3) is 3.88. The van der Waals surface area contributed by atoms with Crippen LogP contribution in [0.5, 0.6) is 0 Å². The van der Waals surface area contributed by atoms with E-state index in [9.17, 15) is 20.1 Å². The van der Waals surface area contributed by atoms with Gasteiger partial charge in [-0.3, -0.25) is 9.36 Å². The summed E-state index contributed by atoms with van der Waals surface area (Å²) in [5, 5.41) is 35.4. The van der Waals surface area contributed by atoms with E-state index >= 15 is 0 Å². The molecule has 1 amide bonds. The highest BCUT2D eigenvalue weighted by Gasteiger charge is 2.44. The fourth-order valence-electron chi connectivity index (χ4n) is 3.39. The van der Waals surface area contributed by atoms with E-state index in [-0.39, 0.29) is 23.3 Å². The molecule has 2 aromatic heterocycles. The Hall–Kier alpha value is -3.32. The van der Waals surface area contributed by atoms with Crippen molar-refractivity contribution in [2.24, 2.45) is 0 Å². The lowest BCUT2D eigenvalue weighted by Crippen LogP contribution is -2.33. The number of aromatic nitrogens is 4. The maximum atomic E-state index is 11.9. The number of fused-ring (bicyclic) bond motifs is 1. The van der Waals surface area contributed by atoms with Gasteiger partial charge >= 0.3 is 0 Å². The number of nitrogens with zero attached hydrogens (tertiary/aromatic N) is 4. The third-order valence-corrected chi connectivity index (χ3v) is 4.98. The Kier molecular flexibility index (Phi) is 5.69. The number of carbonyl (C=O) groups excluding carboxylic acids is 1. The molecule has 0 aliphatic carbocycles. The molecule has 164 valence electrons. The highest BCUT2D eigenvalue weighted by Crippen LogP contribution is 2.32. The number of carbonyl (C=O) groups is 1. The van der Waals surface area contributed by atoms with E-state index in [1.54, 1.807) is 24.3 Å². The molecule has 4 atom stereocenters. The zero-order valence-corrected chi connectivity index (χ0v) is 16.6. The van der Waals surface area contributed by atoms with Crippen LogP contribution in [0.15, 0.2) is 30.6 Å². The van der Waals surface area contributed by atoms with E-state index in [1.165, 1.54) is 10.9 Å². The van der Waals surface area contributed by atoms with E-state index in [0.717, 1.165) is 0 Å². The minimum atomic E-state index is -1.29. The Balaban J connectivity index is 1.62. The summed E-state index contributed by atoms with van der Waals surface area (Å²) in [5.41, 5.74) is 7.75. The molecular formula is C19H23N7O5. The maximum absolute atomic E-state index is 11.9. The normalized spacial score (nSPS) is 23.2. The molecule has 1 aliphatic heterocycles. The first-order valence-electron chi connectivity index (χ1n) is 9.70. The van der Waals surface area contributed by atoms with E-state index < -0.39 is 31.1 Å². The lowest BCUT2D eigenvalue weighted by atomic mass is 10.1. The number of benzene rings is 1. The van der Waals surface area contributed by atoms with Crippen LogP contribution in [0.2, 0.25) is 0 Å². The maximum Gasteiger partial charge on any atom is 0.251 e. The summed E-state index contributed by atoms with van der Waals surface area (Å²) in [5.74, 6) is 0.111. The Morgan fingerprint density at radius 3 is 2.61 bits per heavy atom. The predicted molar refractivity (Wildman–Crippen MR) is 110 cm³/mol. The first kappa shape index (κ1) is 20.9. The molecule has 12 nitrogen and oxygen atoms in total. The van der Waals surface area contributed by atoms with Crippen molar-refractivity contribution in [2.45, 2.75) is 31.5 Å². The largest absolute Gasteiger partial charge is 0.394 e. The van der Waals surface area contributed by atoms with Gasteiger partial charge in [0.05, 0.1) is 12.9 Å². The number of imidazole rings is 1. The SMILES string of the molecule is CCNC(=O)c1ccc(Nc2nc(N)c3ncn([C@@H]4O[C@H](CO)C(O)C4O)c3n2)cc1. The molecule has 3 heterocycles. The van der Waals surface area contributed by atoms with Gasteiger partial charge in [0.1, 0.15) is 23.8 Å². The monoisotopic (exact) mass is 429 g/mol. The topological polar surface area (TPSA) is 181 Å². The lowest BCUT2D eigenvalue weighted by Gasteiger charge is -2.17. The molecular weight excluding hydrogens is 406 g/mol. The number of aliphatic hydroxyl groups is 3. The minimum absolute atomic E-state index is 0.108. The number of nitrogens with two attached hydrogens (primary N) is 1. The third-order valence-electron chi connectivity index (χ3n) is 4.98. The first-order valence-corrected chi connectivity index (χ1v) is 9.70. The van der Waals surface area contributed by atoms with Crippen molar-refractivity contribution in [2.75, 3.05) is 24.2 Å². The molecule has 1 aromatic carbocycles. The van der Waals surface area contributed by atoms with Gasteiger partial charge in [-0.2, -0.15) is 9.97 Å². The van der Waals surface area contributed by atoms with Crippen LogP contribution in [-0.4, -0.2) is 72.2 Å². The number of hydrogen-bond donors (Lipinski definition) is 6. The fourth-order valence-corrected chi connectivity index (χ4v) is 3.39. The molecule has 31 heavy (non-hydrogen) atoms. The van der Waals surface area contributed by atoms with Crippen molar-refractivity contribution in [3.63, 3.8) is 0 Å². The predicted octanol–water partition coefficient (Wildman–Crippen LogP) is -0.487. The standard InChI is InChI=1S/C19H23N7O5/c1-2-21-17(30)9-3-5-10(6-4-9)23-19-24-15(20)12-16(25-19)26(8-22-12)18-14(29)13(28)11(7-27)31-18/h3-6,8,11,13-14,18,27-29H,2,7H2,1H3,(H,21,30)(H3,20,23,24,25)/t11-,13?,14?,18-/m1/s1. The van der Waals surface area contributed by atoms with E-state index in [0.29, 0.717) is 23.3 Å².